The zero-order valence-electron chi connectivity index (χ0n) is 14.1. The quantitative estimate of drug-likeness (QED) is 0.711. The SMILES string of the molecule is CCOC(=O)c1cccc(S(=O)(=O)N2CCCC(NS(C)(=O)=O)C2)c1. The molecule has 1 N–H and O–H groups in total. The molecule has 0 radical (unpaired) electrons. The molecule has 1 atom stereocenters. The molecule has 0 amide bonds. The summed E-state index contributed by atoms with van der Waals surface area (Å²) in [5, 5.41) is 0. The molecule has 1 aromatic carbocycles. The smallest absolute Gasteiger partial charge is 0.338 e. The first-order valence-corrected chi connectivity index (χ1v) is 11.2. The summed E-state index contributed by atoms with van der Waals surface area (Å²) in [7, 11) is -7.25. The van der Waals surface area contributed by atoms with Gasteiger partial charge in [0.2, 0.25) is 20.0 Å². The van der Waals surface area contributed by atoms with Crippen LogP contribution in [0.5, 0.6) is 0 Å². The van der Waals surface area contributed by atoms with Gasteiger partial charge in [0.15, 0.2) is 0 Å². The third kappa shape index (κ3) is 5.24. The van der Waals surface area contributed by atoms with E-state index in [0.717, 1.165) is 6.26 Å². The molecule has 0 bridgehead atoms. The van der Waals surface area contributed by atoms with E-state index in [1.165, 1.54) is 28.6 Å². The van der Waals surface area contributed by atoms with Crippen LogP contribution < -0.4 is 4.72 Å². The summed E-state index contributed by atoms with van der Waals surface area (Å²) < 4.78 is 57.0. The molecule has 1 aliphatic rings. The predicted octanol–water partition coefficient (Wildman–Crippen LogP) is 0.566. The lowest BCUT2D eigenvalue weighted by molar-refractivity contribution is 0.0526. The zero-order chi connectivity index (χ0) is 18.7. The van der Waals surface area contributed by atoms with E-state index in [2.05, 4.69) is 4.72 Å². The number of ether oxygens (including phenoxy) is 1. The van der Waals surface area contributed by atoms with Crippen molar-refractivity contribution in [3.8, 4) is 0 Å². The number of carbonyl (C=O) groups is 1. The lowest BCUT2D eigenvalue weighted by Crippen LogP contribution is -2.49. The van der Waals surface area contributed by atoms with Gasteiger partial charge in [0.1, 0.15) is 0 Å². The lowest BCUT2D eigenvalue weighted by atomic mass is 10.1. The number of carbonyl (C=O) groups excluding carboxylic acids is 1. The average molecular weight is 390 g/mol. The number of hydrogen-bond donors (Lipinski definition) is 1. The molecule has 0 saturated carbocycles. The Morgan fingerprint density at radius 2 is 2.04 bits per heavy atom. The number of piperidine rings is 1. The van der Waals surface area contributed by atoms with E-state index in [0.29, 0.717) is 19.4 Å². The molecule has 1 heterocycles. The topological polar surface area (TPSA) is 110 Å². The molecular weight excluding hydrogens is 368 g/mol. The van der Waals surface area contributed by atoms with Crippen molar-refractivity contribution in [1.82, 2.24) is 9.03 Å². The molecule has 0 aliphatic carbocycles. The van der Waals surface area contributed by atoms with E-state index in [1.807, 2.05) is 0 Å². The summed E-state index contributed by atoms with van der Waals surface area (Å²) in [6.45, 7) is 2.22. The molecule has 0 spiro atoms. The van der Waals surface area contributed by atoms with Gasteiger partial charge in [-0.2, -0.15) is 4.31 Å². The highest BCUT2D eigenvalue weighted by Gasteiger charge is 2.31. The van der Waals surface area contributed by atoms with Gasteiger partial charge in [0, 0.05) is 19.1 Å². The molecule has 1 aliphatic heterocycles. The summed E-state index contributed by atoms with van der Waals surface area (Å²) in [4.78, 5) is 11.8. The van der Waals surface area contributed by atoms with Crippen LogP contribution in [-0.4, -0.2) is 59.1 Å². The van der Waals surface area contributed by atoms with Crippen LogP contribution in [0.25, 0.3) is 0 Å². The van der Waals surface area contributed by atoms with Crippen molar-refractivity contribution in [3.05, 3.63) is 29.8 Å². The number of sulfonamides is 2. The molecule has 1 saturated heterocycles. The maximum atomic E-state index is 12.8. The molecule has 25 heavy (non-hydrogen) atoms. The maximum absolute atomic E-state index is 12.8. The third-order valence-electron chi connectivity index (χ3n) is 3.75. The number of benzene rings is 1. The normalized spacial score (nSPS) is 19.5. The Morgan fingerprint density at radius 3 is 2.68 bits per heavy atom. The van der Waals surface area contributed by atoms with Crippen LogP contribution in [0.2, 0.25) is 0 Å². The highest BCUT2D eigenvalue weighted by molar-refractivity contribution is 7.89. The van der Waals surface area contributed by atoms with Crippen LogP contribution in [0.1, 0.15) is 30.1 Å². The summed E-state index contributed by atoms with van der Waals surface area (Å²) in [6.07, 6.45) is 2.16. The zero-order valence-corrected chi connectivity index (χ0v) is 15.8. The van der Waals surface area contributed by atoms with E-state index in [-0.39, 0.29) is 23.6 Å². The van der Waals surface area contributed by atoms with Crippen LogP contribution in [0.3, 0.4) is 0 Å². The molecule has 1 unspecified atom stereocenters. The van der Waals surface area contributed by atoms with Gasteiger partial charge in [0.25, 0.3) is 0 Å². The Hall–Kier alpha value is -1.49. The minimum atomic E-state index is -3.83. The molecule has 1 aromatic rings. The predicted molar refractivity (Wildman–Crippen MR) is 92.2 cm³/mol. The van der Waals surface area contributed by atoms with Crippen molar-refractivity contribution >= 4 is 26.0 Å². The van der Waals surface area contributed by atoms with Gasteiger partial charge in [-0.3, -0.25) is 0 Å². The average Bonchev–Trinajstić information content (AvgIpc) is 2.54. The summed E-state index contributed by atoms with van der Waals surface area (Å²) in [6, 6.07) is 5.19. The molecule has 1 fully saturated rings. The van der Waals surface area contributed by atoms with Crippen LogP contribution >= 0.6 is 0 Å². The fourth-order valence-corrected chi connectivity index (χ4v) is 5.07. The molecule has 8 nitrogen and oxygen atoms in total. The van der Waals surface area contributed by atoms with Crippen molar-refractivity contribution in [3.63, 3.8) is 0 Å². The number of nitrogens with one attached hydrogen (secondary N) is 1. The maximum Gasteiger partial charge on any atom is 0.338 e. The van der Waals surface area contributed by atoms with Gasteiger partial charge in [0.05, 0.1) is 23.3 Å². The first-order valence-electron chi connectivity index (χ1n) is 7.88. The summed E-state index contributed by atoms with van der Waals surface area (Å²) >= 11 is 0. The van der Waals surface area contributed by atoms with Gasteiger partial charge in [-0.15, -0.1) is 0 Å². The second kappa shape index (κ2) is 7.81. The lowest BCUT2D eigenvalue weighted by Gasteiger charge is -2.31. The van der Waals surface area contributed by atoms with Gasteiger partial charge in [-0.1, -0.05) is 6.07 Å². The molecule has 0 aromatic heterocycles. The Morgan fingerprint density at radius 1 is 1.32 bits per heavy atom. The minimum Gasteiger partial charge on any atom is -0.462 e. The Labute approximate surface area is 148 Å². The van der Waals surface area contributed by atoms with Crippen LogP contribution in [0, 0.1) is 0 Å². The third-order valence-corrected chi connectivity index (χ3v) is 6.37. The van der Waals surface area contributed by atoms with Crippen molar-refractivity contribution in [2.45, 2.75) is 30.7 Å². The van der Waals surface area contributed by atoms with E-state index in [9.17, 15) is 21.6 Å². The van der Waals surface area contributed by atoms with Gasteiger partial charge >= 0.3 is 5.97 Å². The van der Waals surface area contributed by atoms with Crippen molar-refractivity contribution in [2.75, 3.05) is 26.0 Å². The fourth-order valence-electron chi connectivity index (χ4n) is 2.71. The van der Waals surface area contributed by atoms with Gasteiger partial charge < -0.3 is 4.74 Å². The first kappa shape index (κ1) is 19.8. The second-order valence-electron chi connectivity index (χ2n) is 5.84. The Bertz CT molecular complexity index is 835. The van der Waals surface area contributed by atoms with Crippen LogP contribution in [0.15, 0.2) is 29.2 Å². The monoisotopic (exact) mass is 390 g/mol. The molecular formula is C15H22N2O6S2. The van der Waals surface area contributed by atoms with Crippen molar-refractivity contribution in [1.29, 1.82) is 0 Å². The largest absolute Gasteiger partial charge is 0.462 e. The standard InChI is InChI=1S/C15H22N2O6S2/c1-3-23-15(18)12-6-4-8-14(10-12)25(21,22)17-9-5-7-13(11-17)16-24(2,19)20/h4,6,8,10,13,16H,3,5,7,9,11H2,1-2H3. The van der Waals surface area contributed by atoms with E-state index < -0.39 is 32.1 Å². The molecule has 140 valence electrons. The molecule has 10 heteroatoms. The number of hydrogen-bond acceptors (Lipinski definition) is 6. The van der Waals surface area contributed by atoms with Crippen LogP contribution in [-0.2, 0) is 24.8 Å². The van der Waals surface area contributed by atoms with Crippen LogP contribution in [0.4, 0.5) is 0 Å². The minimum absolute atomic E-state index is 0.0157. The summed E-state index contributed by atoms with van der Waals surface area (Å²) in [5.74, 6) is -0.588. The van der Waals surface area contributed by atoms with Gasteiger partial charge in [-0.05, 0) is 38.0 Å². The molecule has 2 rings (SSSR count). The highest BCUT2D eigenvalue weighted by atomic mass is 32.2. The van der Waals surface area contributed by atoms with Gasteiger partial charge in [-0.25, -0.2) is 26.4 Å². The second-order valence-corrected chi connectivity index (χ2v) is 9.56. The van der Waals surface area contributed by atoms with E-state index in [1.54, 1.807) is 6.92 Å². The fraction of sp³-hybridized carbons (Fsp3) is 0.533. The number of rotatable bonds is 6. The van der Waals surface area contributed by atoms with E-state index in [4.69, 9.17) is 4.74 Å². The number of esters is 1. The first-order chi connectivity index (χ1) is 11.6. The van der Waals surface area contributed by atoms with Crippen molar-refractivity contribution < 1.29 is 26.4 Å². The van der Waals surface area contributed by atoms with Crippen molar-refractivity contribution in [2.24, 2.45) is 0 Å². The van der Waals surface area contributed by atoms with E-state index >= 15 is 0 Å². The Kier molecular flexibility index (Phi) is 6.20. The number of nitrogens with zero attached hydrogens (tertiary/aromatic N) is 1. The Balaban J connectivity index is 2.23. The highest BCUT2D eigenvalue weighted by Crippen LogP contribution is 2.22. The summed E-state index contributed by atoms with van der Waals surface area (Å²) in [5.41, 5.74) is 0.158.